The Labute approximate surface area is 82.6 Å². The van der Waals surface area contributed by atoms with E-state index < -0.39 is 8.07 Å². The van der Waals surface area contributed by atoms with Crippen LogP contribution in [0.1, 0.15) is 10.6 Å². The molecule has 66 valence electrons. The Hall–Kier alpha value is 0.197. The van der Waals surface area contributed by atoms with E-state index in [1.165, 1.54) is 21.0 Å². The number of fused-ring (bicyclic) bond motifs is 1. The van der Waals surface area contributed by atoms with E-state index in [0.717, 1.165) is 5.75 Å². The molecule has 1 aromatic heterocycles. The molecule has 2 rings (SSSR count). The maximum atomic E-state index is 4.72. The van der Waals surface area contributed by atoms with Crippen molar-refractivity contribution in [2.75, 3.05) is 0 Å². The number of hydrogen-bond acceptors (Lipinski definition) is 3. The second kappa shape index (κ2) is 2.85. The summed E-state index contributed by atoms with van der Waals surface area (Å²) in [5, 5.41) is 0. The number of thiazole rings is 1. The second-order valence-corrected chi connectivity index (χ2v) is 11.5. The predicted octanol–water partition coefficient (Wildman–Crippen LogP) is 2.44. The lowest BCUT2D eigenvalue weighted by atomic mass is 10.4. The van der Waals surface area contributed by atoms with E-state index in [2.05, 4.69) is 19.6 Å². The monoisotopic (exact) mass is 215 g/mol. The largest absolute Gasteiger partial charge is 0.250 e. The summed E-state index contributed by atoms with van der Waals surface area (Å²) in [5.74, 6) is 2.35. The van der Waals surface area contributed by atoms with E-state index in [-0.39, 0.29) is 0 Å². The van der Waals surface area contributed by atoms with Crippen molar-refractivity contribution in [2.24, 2.45) is 0 Å². The predicted molar refractivity (Wildman–Crippen MR) is 60.1 cm³/mol. The van der Waals surface area contributed by atoms with Crippen LogP contribution in [0.4, 0.5) is 0 Å². The van der Waals surface area contributed by atoms with Crippen molar-refractivity contribution in [3.8, 4) is 0 Å². The SMILES string of the molecule is C[Si](C)(C)c1nc2c(s1)CSC2. The van der Waals surface area contributed by atoms with Crippen LogP contribution in [-0.4, -0.2) is 13.1 Å². The number of nitrogens with zero attached hydrogens (tertiary/aromatic N) is 1. The van der Waals surface area contributed by atoms with Crippen molar-refractivity contribution < 1.29 is 0 Å². The zero-order valence-corrected chi connectivity index (χ0v) is 10.3. The molecule has 0 unspecified atom stereocenters. The van der Waals surface area contributed by atoms with Crippen LogP contribution in [0.15, 0.2) is 0 Å². The van der Waals surface area contributed by atoms with Gasteiger partial charge in [0.25, 0.3) is 0 Å². The highest BCUT2D eigenvalue weighted by atomic mass is 32.2. The van der Waals surface area contributed by atoms with Crippen LogP contribution < -0.4 is 4.63 Å². The minimum atomic E-state index is -1.13. The van der Waals surface area contributed by atoms with Crippen LogP contribution in [0.2, 0.25) is 19.6 Å². The zero-order valence-electron chi connectivity index (χ0n) is 7.68. The van der Waals surface area contributed by atoms with Gasteiger partial charge in [-0.3, -0.25) is 4.98 Å². The van der Waals surface area contributed by atoms with Crippen LogP contribution >= 0.6 is 23.1 Å². The summed E-state index contributed by atoms with van der Waals surface area (Å²) < 4.78 is 1.44. The van der Waals surface area contributed by atoms with Crippen molar-refractivity contribution in [3.63, 3.8) is 0 Å². The topological polar surface area (TPSA) is 12.9 Å². The van der Waals surface area contributed by atoms with Gasteiger partial charge in [0.2, 0.25) is 0 Å². The lowest BCUT2D eigenvalue weighted by Crippen LogP contribution is -2.37. The minimum absolute atomic E-state index is 1.13. The number of aromatic nitrogens is 1. The molecule has 0 amide bonds. The highest BCUT2D eigenvalue weighted by Gasteiger charge is 2.25. The summed E-state index contributed by atoms with van der Waals surface area (Å²) in [4.78, 5) is 6.26. The van der Waals surface area contributed by atoms with E-state index in [1.807, 2.05) is 23.1 Å². The Balaban J connectivity index is 2.38. The third-order valence-corrected chi connectivity index (χ3v) is 7.49. The van der Waals surface area contributed by atoms with Gasteiger partial charge < -0.3 is 0 Å². The van der Waals surface area contributed by atoms with Crippen molar-refractivity contribution >= 4 is 35.8 Å². The molecular formula is C8H13NS2Si. The summed E-state index contributed by atoms with van der Waals surface area (Å²) in [6.45, 7) is 7.11. The van der Waals surface area contributed by atoms with E-state index in [1.54, 1.807) is 0 Å². The Morgan fingerprint density at radius 1 is 1.25 bits per heavy atom. The van der Waals surface area contributed by atoms with Crippen LogP contribution in [0.5, 0.6) is 0 Å². The summed E-state index contributed by atoms with van der Waals surface area (Å²) in [5.41, 5.74) is 1.38. The molecule has 1 aliphatic heterocycles. The second-order valence-electron chi connectivity index (χ2n) is 4.13. The maximum absolute atomic E-state index is 4.72. The van der Waals surface area contributed by atoms with Crippen molar-refractivity contribution in [1.29, 1.82) is 0 Å². The van der Waals surface area contributed by atoms with Gasteiger partial charge in [-0.05, 0) is 0 Å². The number of rotatable bonds is 1. The summed E-state index contributed by atoms with van der Waals surface area (Å²) in [6.07, 6.45) is 0. The smallest absolute Gasteiger partial charge is 0.114 e. The van der Waals surface area contributed by atoms with Crippen molar-refractivity contribution in [1.82, 2.24) is 4.98 Å². The fraction of sp³-hybridized carbons (Fsp3) is 0.625. The minimum Gasteiger partial charge on any atom is -0.250 e. The van der Waals surface area contributed by atoms with E-state index in [9.17, 15) is 0 Å². The van der Waals surface area contributed by atoms with Gasteiger partial charge in [0.15, 0.2) is 0 Å². The first-order valence-electron chi connectivity index (χ1n) is 4.14. The molecule has 0 fully saturated rings. The first kappa shape index (κ1) is 8.78. The molecule has 4 heteroatoms. The van der Waals surface area contributed by atoms with Crippen molar-refractivity contribution in [3.05, 3.63) is 10.6 Å². The normalized spacial score (nSPS) is 16.6. The Morgan fingerprint density at radius 2 is 2.00 bits per heavy atom. The lowest BCUT2D eigenvalue weighted by molar-refractivity contribution is 1.24. The third-order valence-electron chi connectivity index (χ3n) is 1.89. The van der Waals surface area contributed by atoms with Crippen molar-refractivity contribution in [2.45, 2.75) is 31.1 Å². The first-order valence-corrected chi connectivity index (χ1v) is 9.61. The highest BCUT2D eigenvalue weighted by molar-refractivity contribution is 7.98. The summed E-state index contributed by atoms with van der Waals surface area (Å²) >= 11 is 3.95. The van der Waals surface area contributed by atoms with Gasteiger partial charge in [-0.2, -0.15) is 0 Å². The van der Waals surface area contributed by atoms with Gasteiger partial charge in [-0.25, -0.2) is 0 Å². The van der Waals surface area contributed by atoms with E-state index >= 15 is 0 Å². The first-order chi connectivity index (χ1) is 5.57. The molecule has 2 heterocycles. The standard InChI is InChI=1S/C8H13NS2Si/c1-12(2,3)8-9-6-4-10-5-7(6)11-8/h4-5H2,1-3H3. The number of hydrogen-bond donors (Lipinski definition) is 0. The molecule has 1 nitrogen and oxygen atoms in total. The molecule has 0 aromatic carbocycles. The lowest BCUT2D eigenvalue weighted by Gasteiger charge is -2.10. The van der Waals surface area contributed by atoms with Gasteiger partial charge in [0, 0.05) is 16.4 Å². The quantitative estimate of drug-likeness (QED) is 0.667. The average Bonchev–Trinajstić information content (AvgIpc) is 2.37. The summed E-state index contributed by atoms with van der Waals surface area (Å²) in [7, 11) is -1.13. The average molecular weight is 215 g/mol. The fourth-order valence-corrected chi connectivity index (χ4v) is 5.32. The molecule has 0 saturated heterocycles. The molecule has 0 N–H and O–H groups in total. The molecule has 0 atom stereocenters. The molecule has 0 spiro atoms. The van der Waals surface area contributed by atoms with Crippen LogP contribution in [0.3, 0.4) is 0 Å². The van der Waals surface area contributed by atoms with Gasteiger partial charge in [0.1, 0.15) is 8.07 Å². The van der Waals surface area contributed by atoms with Crippen LogP contribution in [-0.2, 0) is 11.5 Å². The zero-order chi connectivity index (χ0) is 8.77. The molecule has 1 aromatic rings. The number of thioether (sulfide) groups is 1. The van der Waals surface area contributed by atoms with Crippen LogP contribution in [0.25, 0.3) is 0 Å². The Bertz CT molecular complexity index is 279. The molecule has 0 saturated carbocycles. The molecule has 12 heavy (non-hydrogen) atoms. The molecule has 0 radical (unpaired) electrons. The van der Waals surface area contributed by atoms with E-state index in [0.29, 0.717) is 0 Å². The highest BCUT2D eigenvalue weighted by Crippen LogP contribution is 2.31. The molecule has 1 aliphatic rings. The molecule has 0 aliphatic carbocycles. The van der Waals surface area contributed by atoms with Crippen LogP contribution in [0, 0.1) is 0 Å². The Kier molecular flexibility index (Phi) is 2.09. The molecule has 0 bridgehead atoms. The van der Waals surface area contributed by atoms with Gasteiger partial charge in [-0.15, -0.1) is 23.1 Å². The Morgan fingerprint density at radius 3 is 2.58 bits per heavy atom. The van der Waals surface area contributed by atoms with Gasteiger partial charge in [-0.1, -0.05) is 19.6 Å². The summed E-state index contributed by atoms with van der Waals surface area (Å²) in [6, 6.07) is 0. The van der Waals surface area contributed by atoms with Gasteiger partial charge in [0.05, 0.1) is 10.3 Å². The van der Waals surface area contributed by atoms with E-state index in [4.69, 9.17) is 4.98 Å². The fourth-order valence-electron chi connectivity index (χ4n) is 1.17. The maximum Gasteiger partial charge on any atom is 0.114 e. The molecular weight excluding hydrogens is 202 g/mol. The van der Waals surface area contributed by atoms with Gasteiger partial charge >= 0.3 is 0 Å². The third kappa shape index (κ3) is 1.47.